The molecule has 2 heterocycles. The highest BCUT2D eigenvalue weighted by Gasteiger charge is 2.05. The van der Waals surface area contributed by atoms with Crippen LogP contribution in [0.4, 0.5) is 0 Å². The third-order valence-electron chi connectivity index (χ3n) is 2.72. The molecule has 0 atom stereocenters. The van der Waals surface area contributed by atoms with Crippen LogP contribution in [0.2, 0.25) is 0 Å². The fourth-order valence-electron chi connectivity index (χ4n) is 1.91. The molecular weight excluding hydrogens is 198 g/mol. The lowest BCUT2D eigenvalue weighted by atomic mass is 10.1. The van der Waals surface area contributed by atoms with E-state index in [1.807, 2.05) is 29.1 Å². The Morgan fingerprint density at radius 3 is 2.69 bits per heavy atom. The molecule has 3 aromatic rings. The molecule has 0 unspecified atom stereocenters. The molecule has 0 saturated carbocycles. The Labute approximate surface area is 93.4 Å². The van der Waals surface area contributed by atoms with E-state index in [0.717, 1.165) is 11.2 Å². The molecule has 0 spiro atoms. The molecule has 0 radical (unpaired) electrons. The fraction of sp³-hybridized carbons (Fsp3) is 0.0769. The van der Waals surface area contributed by atoms with Crippen LogP contribution in [-0.4, -0.2) is 14.5 Å². The molecule has 0 fully saturated rings. The van der Waals surface area contributed by atoms with Crippen molar-refractivity contribution in [3.8, 4) is 5.82 Å². The van der Waals surface area contributed by atoms with Crippen LogP contribution in [0.15, 0.2) is 49.2 Å². The van der Waals surface area contributed by atoms with E-state index < -0.39 is 0 Å². The Morgan fingerprint density at radius 2 is 1.94 bits per heavy atom. The first-order chi connectivity index (χ1) is 7.86. The molecule has 1 aromatic carbocycles. The second-order valence-corrected chi connectivity index (χ2v) is 3.78. The van der Waals surface area contributed by atoms with Gasteiger partial charge < -0.3 is 0 Å². The average Bonchev–Trinajstić information content (AvgIpc) is 2.83. The molecular formula is C13H11N3. The van der Waals surface area contributed by atoms with Gasteiger partial charge in [0, 0.05) is 24.0 Å². The molecule has 2 aromatic heterocycles. The fourth-order valence-corrected chi connectivity index (χ4v) is 1.91. The molecule has 0 saturated heterocycles. The van der Waals surface area contributed by atoms with E-state index in [4.69, 9.17) is 0 Å². The smallest absolute Gasteiger partial charge is 0.145 e. The maximum Gasteiger partial charge on any atom is 0.145 e. The summed E-state index contributed by atoms with van der Waals surface area (Å²) in [5.74, 6) is 0.929. The van der Waals surface area contributed by atoms with Crippen molar-refractivity contribution in [2.45, 2.75) is 6.92 Å². The summed E-state index contributed by atoms with van der Waals surface area (Å²) in [5.41, 5.74) is 1.19. The van der Waals surface area contributed by atoms with Gasteiger partial charge in [0.05, 0.1) is 0 Å². The molecule has 0 aliphatic carbocycles. The van der Waals surface area contributed by atoms with Gasteiger partial charge in [0.1, 0.15) is 12.1 Å². The number of pyridine rings is 1. The Morgan fingerprint density at radius 1 is 1.12 bits per heavy atom. The highest BCUT2D eigenvalue weighted by atomic mass is 15.1. The van der Waals surface area contributed by atoms with Crippen molar-refractivity contribution in [2.24, 2.45) is 0 Å². The van der Waals surface area contributed by atoms with Crippen LogP contribution in [0.5, 0.6) is 0 Å². The predicted molar refractivity (Wildman–Crippen MR) is 63.6 cm³/mol. The van der Waals surface area contributed by atoms with Crippen LogP contribution in [0, 0.1) is 6.92 Å². The van der Waals surface area contributed by atoms with E-state index >= 15 is 0 Å². The van der Waals surface area contributed by atoms with E-state index in [9.17, 15) is 0 Å². The summed E-state index contributed by atoms with van der Waals surface area (Å²) in [4.78, 5) is 8.52. The molecule has 0 aliphatic rings. The van der Waals surface area contributed by atoms with Gasteiger partial charge in [-0.05, 0) is 17.9 Å². The minimum Gasteiger partial charge on any atom is -0.290 e. The van der Waals surface area contributed by atoms with Crippen molar-refractivity contribution in [3.63, 3.8) is 0 Å². The molecule has 0 aliphatic heterocycles. The number of aromatic nitrogens is 3. The number of rotatable bonds is 1. The van der Waals surface area contributed by atoms with Crippen LogP contribution >= 0.6 is 0 Å². The summed E-state index contributed by atoms with van der Waals surface area (Å²) in [7, 11) is 0. The van der Waals surface area contributed by atoms with Crippen molar-refractivity contribution < 1.29 is 0 Å². The Hall–Kier alpha value is -2.16. The van der Waals surface area contributed by atoms with Gasteiger partial charge in [0.15, 0.2) is 0 Å². The quantitative estimate of drug-likeness (QED) is 0.617. The SMILES string of the molecule is Cc1cnc(-n2ccnc2)c2ccccc12. The lowest BCUT2D eigenvalue weighted by Gasteiger charge is -2.07. The van der Waals surface area contributed by atoms with Crippen LogP contribution in [0.1, 0.15) is 5.56 Å². The van der Waals surface area contributed by atoms with Gasteiger partial charge in [-0.1, -0.05) is 24.3 Å². The molecule has 16 heavy (non-hydrogen) atoms. The minimum atomic E-state index is 0.929. The number of hydrogen-bond acceptors (Lipinski definition) is 2. The third-order valence-corrected chi connectivity index (χ3v) is 2.72. The van der Waals surface area contributed by atoms with Crippen molar-refractivity contribution >= 4 is 10.8 Å². The molecule has 3 heteroatoms. The normalized spacial score (nSPS) is 10.8. The summed E-state index contributed by atoms with van der Waals surface area (Å²) in [6, 6.07) is 8.29. The van der Waals surface area contributed by atoms with Gasteiger partial charge >= 0.3 is 0 Å². The first-order valence-corrected chi connectivity index (χ1v) is 5.19. The summed E-state index contributed by atoms with van der Waals surface area (Å²) < 4.78 is 1.93. The first kappa shape index (κ1) is 9.09. The van der Waals surface area contributed by atoms with Gasteiger partial charge in [0.25, 0.3) is 0 Å². The Bertz CT molecular complexity index is 627. The number of aryl methyl sites for hydroxylation is 1. The molecule has 3 nitrogen and oxygen atoms in total. The number of hydrogen-bond donors (Lipinski definition) is 0. The zero-order chi connectivity index (χ0) is 11.0. The number of benzene rings is 1. The van der Waals surface area contributed by atoms with Crippen LogP contribution < -0.4 is 0 Å². The largest absolute Gasteiger partial charge is 0.290 e. The third kappa shape index (κ3) is 1.29. The predicted octanol–water partition coefficient (Wildman–Crippen LogP) is 2.73. The van der Waals surface area contributed by atoms with Crippen LogP contribution in [0.25, 0.3) is 16.6 Å². The summed E-state index contributed by atoms with van der Waals surface area (Å²) in [6.07, 6.45) is 7.34. The number of nitrogens with zero attached hydrogens (tertiary/aromatic N) is 3. The maximum absolute atomic E-state index is 4.47. The van der Waals surface area contributed by atoms with E-state index in [2.05, 4.69) is 29.0 Å². The standard InChI is InChI=1S/C13H11N3/c1-10-8-15-13(16-7-6-14-9-16)12-5-3-2-4-11(10)12/h2-9H,1H3. The topological polar surface area (TPSA) is 30.7 Å². The highest BCUT2D eigenvalue weighted by Crippen LogP contribution is 2.22. The van der Waals surface area contributed by atoms with Crippen molar-refractivity contribution in [1.29, 1.82) is 0 Å². The molecule has 0 amide bonds. The van der Waals surface area contributed by atoms with Crippen LogP contribution in [-0.2, 0) is 0 Å². The second-order valence-electron chi connectivity index (χ2n) is 3.78. The lowest BCUT2D eigenvalue weighted by molar-refractivity contribution is 1.00. The first-order valence-electron chi connectivity index (χ1n) is 5.19. The molecule has 78 valence electrons. The average molecular weight is 209 g/mol. The van der Waals surface area contributed by atoms with E-state index in [-0.39, 0.29) is 0 Å². The zero-order valence-corrected chi connectivity index (χ0v) is 8.96. The van der Waals surface area contributed by atoms with E-state index in [0.29, 0.717) is 0 Å². The van der Waals surface area contributed by atoms with Crippen molar-refractivity contribution in [1.82, 2.24) is 14.5 Å². The van der Waals surface area contributed by atoms with Gasteiger partial charge in [-0.2, -0.15) is 0 Å². The number of imidazole rings is 1. The maximum atomic E-state index is 4.47. The van der Waals surface area contributed by atoms with Gasteiger partial charge in [-0.25, -0.2) is 9.97 Å². The summed E-state index contributed by atoms with van der Waals surface area (Å²) in [5, 5.41) is 2.39. The second kappa shape index (κ2) is 3.45. The summed E-state index contributed by atoms with van der Waals surface area (Å²) in [6.45, 7) is 2.08. The van der Waals surface area contributed by atoms with E-state index in [1.54, 1.807) is 12.5 Å². The van der Waals surface area contributed by atoms with Gasteiger partial charge in [-0.15, -0.1) is 0 Å². The van der Waals surface area contributed by atoms with Gasteiger partial charge in [0.2, 0.25) is 0 Å². The molecule has 3 rings (SSSR count). The summed E-state index contributed by atoms with van der Waals surface area (Å²) >= 11 is 0. The lowest BCUT2D eigenvalue weighted by Crippen LogP contribution is -1.96. The minimum absolute atomic E-state index is 0.929. The van der Waals surface area contributed by atoms with Crippen molar-refractivity contribution in [3.05, 3.63) is 54.7 Å². The Balaban J connectivity index is 2.39. The Kier molecular flexibility index (Phi) is 1.96. The van der Waals surface area contributed by atoms with Gasteiger partial charge in [-0.3, -0.25) is 4.57 Å². The van der Waals surface area contributed by atoms with Crippen LogP contribution in [0.3, 0.4) is 0 Å². The van der Waals surface area contributed by atoms with E-state index in [1.165, 1.54) is 10.9 Å². The monoisotopic (exact) mass is 209 g/mol. The molecule has 0 N–H and O–H groups in total. The number of fused-ring (bicyclic) bond motifs is 1. The molecule has 0 bridgehead atoms. The zero-order valence-electron chi connectivity index (χ0n) is 8.96. The van der Waals surface area contributed by atoms with Crippen molar-refractivity contribution in [2.75, 3.05) is 0 Å². The highest BCUT2D eigenvalue weighted by molar-refractivity contribution is 5.90.